The Morgan fingerprint density at radius 3 is 1.83 bits per heavy atom. The van der Waals surface area contributed by atoms with Gasteiger partial charge in [-0.05, 0) is 54.2 Å². The first-order valence-corrected chi connectivity index (χ1v) is 12.4. The number of rotatable bonds is 7. The molecule has 0 heterocycles. The molecule has 2 unspecified atom stereocenters. The summed E-state index contributed by atoms with van der Waals surface area (Å²) in [6, 6.07) is 8.78. The van der Waals surface area contributed by atoms with Crippen molar-refractivity contribution in [2.24, 2.45) is 16.7 Å². The fraction of sp³-hybridized carbons (Fsp3) is 0.786. The molecule has 1 aromatic rings. The Morgan fingerprint density at radius 1 is 0.867 bits per heavy atom. The molecule has 0 bridgehead atoms. The van der Waals surface area contributed by atoms with Crippen molar-refractivity contribution in [1.82, 2.24) is 0 Å². The summed E-state index contributed by atoms with van der Waals surface area (Å²) in [6.07, 6.45) is 7.55. The maximum absolute atomic E-state index is 6.42. The maximum atomic E-state index is 6.42. The molecule has 2 atom stereocenters. The quantitative estimate of drug-likeness (QED) is 0.411. The molecule has 1 fully saturated rings. The van der Waals surface area contributed by atoms with Crippen molar-refractivity contribution < 1.29 is 9.47 Å². The lowest BCUT2D eigenvalue weighted by atomic mass is 9.76. The van der Waals surface area contributed by atoms with Crippen molar-refractivity contribution >= 4 is 0 Å². The number of benzene rings is 1. The predicted octanol–water partition coefficient (Wildman–Crippen LogP) is 8.99. The largest absolute Gasteiger partial charge is 0.464 e. The van der Waals surface area contributed by atoms with Crippen molar-refractivity contribution in [2.75, 3.05) is 0 Å². The first-order valence-electron chi connectivity index (χ1n) is 12.4. The van der Waals surface area contributed by atoms with Crippen LogP contribution >= 0.6 is 0 Å². The molecule has 0 amide bonds. The second-order valence-corrected chi connectivity index (χ2v) is 11.4. The highest BCUT2D eigenvalue weighted by Gasteiger charge is 2.31. The highest BCUT2D eigenvalue weighted by atomic mass is 16.7. The summed E-state index contributed by atoms with van der Waals surface area (Å²) in [4.78, 5) is 0. The zero-order valence-electron chi connectivity index (χ0n) is 21.7. The van der Waals surface area contributed by atoms with Crippen LogP contribution < -0.4 is 4.74 Å². The van der Waals surface area contributed by atoms with Gasteiger partial charge in [-0.25, -0.2) is 0 Å². The van der Waals surface area contributed by atoms with Gasteiger partial charge in [0.05, 0.1) is 6.10 Å². The Bertz CT molecular complexity index is 568. The summed E-state index contributed by atoms with van der Waals surface area (Å²) in [6.45, 7) is 22.2. The van der Waals surface area contributed by atoms with E-state index in [1.165, 1.54) is 31.2 Å². The van der Waals surface area contributed by atoms with Crippen LogP contribution in [0.2, 0.25) is 0 Å². The van der Waals surface area contributed by atoms with Crippen LogP contribution in [0.5, 0.6) is 5.75 Å². The molecule has 0 saturated heterocycles. The molecule has 1 aliphatic rings. The maximum Gasteiger partial charge on any atom is 0.204 e. The van der Waals surface area contributed by atoms with Crippen LogP contribution in [-0.4, -0.2) is 12.4 Å². The zero-order chi connectivity index (χ0) is 22.9. The van der Waals surface area contributed by atoms with Gasteiger partial charge in [-0.2, -0.15) is 0 Å². The molecule has 174 valence electrons. The van der Waals surface area contributed by atoms with E-state index in [0.717, 1.165) is 18.6 Å². The Hall–Kier alpha value is -1.02. The monoisotopic (exact) mass is 418 g/mol. The van der Waals surface area contributed by atoms with Gasteiger partial charge in [0.1, 0.15) is 5.75 Å². The second kappa shape index (κ2) is 12.1. The van der Waals surface area contributed by atoms with Gasteiger partial charge < -0.3 is 9.47 Å². The van der Waals surface area contributed by atoms with Crippen molar-refractivity contribution in [1.29, 1.82) is 0 Å². The van der Waals surface area contributed by atoms with Gasteiger partial charge in [0.2, 0.25) is 6.29 Å². The van der Waals surface area contributed by atoms with E-state index < -0.39 is 0 Å². The molecule has 2 nitrogen and oxygen atoms in total. The standard InChI is InChI=1S/C26H44O2.C2H6/c1-19(2)23(18-25(3,4)5)20-14-16-22(17-15-20)28-24(26(6,7)8)27-21-12-10-9-11-13-21;1-2/h14-17,19,21,23-24H,9-13,18H2,1-8H3;1-2H3. The number of hydrogen-bond donors (Lipinski definition) is 0. The Morgan fingerprint density at radius 2 is 1.40 bits per heavy atom. The zero-order valence-corrected chi connectivity index (χ0v) is 21.7. The van der Waals surface area contributed by atoms with Crippen LogP contribution in [-0.2, 0) is 4.74 Å². The van der Waals surface area contributed by atoms with E-state index in [1.54, 1.807) is 0 Å². The summed E-state index contributed by atoms with van der Waals surface area (Å²) < 4.78 is 12.8. The molecule has 2 heteroatoms. The lowest BCUT2D eigenvalue weighted by molar-refractivity contribution is -0.177. The first-order chi connectivity index (χ1) is 14.0. The van der Waals surface area contributed by atoms with E-state index in [1.807, 2.05) is 13.8 Å². The summed E-state index contributed by atoms with van der Waals surface area (Å²) in [5.74, 6) is 2.12. The van der Waals surface area contributed by atoms with Crippen molar-refractivity contribution in [3.05, 3.63) is 29.8 Å². The van der Waals surface area contributed by atoms with Gasteiger partial charge in [0, 0.05) is 5.41 Å². The molecule has 1 aliphatic carbocycles. The summed E-state index contributed by atoms with van der Waals surface area (Å²) in [5, 5.41) is 0. The van der Waals surface area contributed by atoms with Crippen LogP contribution in [0.1, 0.15) is 119 Å². The van der Waals surface area contributed by atoms with E-state index in [0.29, 0.717) is 23.4 Å². The average Bonchev–Trinajstić information content (AvgIpc) is 2.67. The van der Waals surface area contributed by atoms with Gasteiger partial charge in [0.25, 0.3) is 0 Å². The minimum absolute atomic E-state index is 0.0528. The van der Waals surface area contributed by atoms with Gasteiger partial charge >= 0.3 is 0 Å². The molecule has 0 radical (unpaired) electrons. The summed E-state index contributed by atoms with van der Waals surface area (Å²) >= 11 is 0. The third-order valence-electron chi connectivity index (χ3n) is 5.76. The summed E-state index contributed by atoms with van der Waals surface area (Å²) in [7, 11) is 0. The lowest BCUT2D eigenvalue weighted by Gasteiger charge is -2.35. The second-order valence-electron chi connectivity index (χ2n) is 11.4. The fourth-order valence-electron chi connectivity index (χ4n) is 4.10. The number of ether oxygens (including phenoxy) is 2. The van der Waals surface area contributed by atoms with Crippen LogP contribution in [0.4, 0.5) is 0 Å². The lowest BCUT2D eigenvalue weighted by Crippen LogP contribution is -2.38. The molecule has 0 N–H and O–H groups in total. The highest BCUT2D eigenvalue weighted by Crippen LogP contribution is 2.37. The molecular formula is C28H50O2. The molecule has 30 heavy (non-hydrogen) atoms. The molecule has 1 aromatic carbocycles. The van der Waals surface area contributed by atoms with Crippen LogP contribution in [0.25, 0.3) is 0 Å². The average molecular weight is 419 g/mol. The Balaban J connectivity index is 0.00000218. The molecule has 1 saturated carbocycles. The van der Waals surface area contributed by atoms with Gasteiger partial charge in [0.15, 0.2) is 0 Å². The fourth-order valence-corrected chi connectivity index (χ4v) is 4.10. The molecule has 0 spiro atoms. The minimum Gasteiger partial charge on any atom is -0.464 e. The summed E-state index contributed by atoms with van der Waals surface area (Å²) in [5.41, 5.74) is 1.69. The van der Waals surface area contributed by atoms with Crippen LogP contribution in [0.15, 0.2) is 24.3 Å². The van der Waals surface area contributed by atoms with E-state index in [2.05, 4.69) is 79.7 Å². The topological polar surface area (TPSA) is 18.5 Å². The highest BCUT2D eigenvalue weighted by molar-refractivity contribution is 5.30. The smallest absolute Gasteiger partial charge is 0.204 e. The molecule has 2 rings (SSSR count). The van der Waals surface area contributed by atoms with Crippen molar-refractivity contribution in [3.63, 3.8) is 0 Å². The third-order valence-corrected chi connectivity index (χ3v) is 5.76. The van der Waals surface area contributed by atoms with E-state index >= 15 is 0 Å². The Labute approximate surface area is 188 Å². The Kier molecular flexibility index (Phi) is 10.9. The third kappa shape index (κ3) is 9.41. The number of hydrogen-bond acceptors (Lipinski definition) is 2. The van der Waals surface area contributed by atoms with Crippen molar-refractivity contribution in [3.8, 4) is 5.75 Å². The molecule has 0 aliphatic heterocycles. The predicted molar refractivity (Wildman–Crippen MR) is 131 cm³/mol. The van der Waals surface area contributed by atoms with E-state index in [4.69, 9.17) is 9.47 Å². The normalized spacial score (nSPS) is 17.8. The van der Waals surface area contributed by atoms with Crippen LogP contribution in [0.3, 0.4) is 0 Å². The van der Waals surface area contributed by atoms with Crippen LogP contribution in [0, 0.1) is 16.7 Å². The minimum atomic E-state index is -0.211. The molecule has 0 aromatic heterocycles. The van der Waals surface area contributed by atoms with Gasteiger partial charge in [-0.15, -0.1) is 0 Å². The SMILES string of the molecule is CC.CC(C)C(CC(C)(C)C)c1ccc(OC(OC2CCCCC2)C(C)(C)C)cc1. The van der Waals surface area contributed by atoms with Crippen molar-refractivity contribution in [2.45, 2.75) is 126 Å². The van der Waals surface area contributed by atoms with Gasteiger partial charge in [-0.3, -0.25) is 0 Å². The first kappa shape index (κ1) is 27.0. The van der Waals surface area contributed by atoms with Gasteiger partial charge in [-0.1, -0.05) is 101 Å². The molecular weight excluding hydrogens is 368 g/mol. The van der Waals surface area contributed by atoms with E-state index in [-0.39, 0.29) is 11.7 Å². The van der Waals surface area contributed by atoms with E-state index in [9.17, 15) is 0 Å².